The molecule has 2 nitrogen and oxygen atoms in total. The second kappa shape index (κ2) is 9.45. The van der Waals surface area contributed by atoms with E-state index in [0.29, 0.717) is 28.9 Å². The first kappa shape index (κ1) is 20.7. The normalized spacial score (nSPS) is 11.0. The molecule has 0 atom stereocenters. The Morgan fingerprint density at radius 1 is 0.793 bits per heavy atom. The molecule has 0 saturated carbocycles. The second-order valence-corrected chi connectivity index (χ2v) is 6.44. The van der Waals surface area contributed by atoms with Gasteiger partial charge in [0, 0.05) is 5.56 Å². The van der Waals surface area contributed by atoms with Crippen LogP contribution < -0.4 is 9.47 Å². The molecule has 0 aromatic heterocycles. The van der Waals surface area contributed by atoms with E-state index in [1.165, 1.54) is 12.1 Å². The molecule has 0 heterocycles. The van der Waals surface area contributed by atoms with E-state index in [0.717, 1.165) is 30.7 Å². The predicted molar refractivity (Wildman–Crippen MR) is 104 cm³/mol. The molecule has 29 heavy (non-hydrogen) atoms. The summed E-state index contributed by atoms with van der Waals surface area (Å²) < 4.78 is 62.8. The number of hydrogen-bond acceptors (Lipinski definition) is 2. The van der Waals surface area contributed by atoms with Crippen molar-refractivity contribution < 1.29 is 27.0 Å². The van der Waals surface area contributed by atoms with Gasteiger partial charge in [-0.2, -0.15) is 8.78 Å². The first-order chi connectivity index (χ1) is 14.0. The quantitative estimate of drug-likeness (QED) is 0.295. The molecule has 0 amide bonds. The molecule has 0 aliphatic rings. The van der Waals surface area contributed by atoms with Gasteiger partial charge in [-0.15, -0.1) is 0 Å². The van der Waals surface area contributed by atoms with E-state index in [-0.39, 0.29) is 0 Å². The predicted octanol–water partition coefficient (Wildman–Crippen LogP) is 7.08. The number of halogens is 4. The maximum atomic E-state index is 14.7. The summed E-state index contributed by atoms with van der Waals surface area (Å²) in [4.78, 5) is 0. The van der Waals surface area contributed by atoms with Crippen molar-refractivity contribution in [1.82, 2.24) is 0 Å². The van der Waals surface area contributed by atoms with Crippen LogP contribution in [0.4, 0.5) is 17.6 Å². The van der Waals surface area contributed by atoms with Crippen LogP contribution in [-0.4, -0.2) is 13.2 Å². The largest absolute Gasteiger partial charge is 0.494 e. The Hall–Kier alpha value is -3.02. The highest BCUT2D eigenvalue weighted by Crippen LogP contribution is 2.31. The van der Waals surface area contributed by atoms with Gasteiger partial charge < -0.3 is 9.47 Å². The average Bonchev–Trinajstić information content (AvgIpc) is 2.70. The van der Waals surface area contributed by atoms with Crippen LogP contribution in [0.15, 0.2) is 60.7 Å². The molecule has 3 aromatic carbocycles. The summed E-state index contributed by atoms with van der Waals surface area (Å²) in [5.74, 6) is -1.25. The highest BCUT2D eigenvalue weighted by atomic mass is 19.3. The maximum Gasteiger partial charge on any atom is 0.387 e. The molecule has 0 spiro atoms. The van der Waals surface area contributed by atoms with Gasteiger partial charge in [0.1, 0.15) is 11.6 Å². The zero-order chi connectivity index (χ0) is 20.8. The molecule has 0 unspecified atom stereocenters. The van der Waals surface area contributed by atoms with Gasteiger partial charge in [-0.3, -0.25) is 0 Å². The molecule has 0 radical (unpaired) electrons. The summed E-state index contributed by atoms with van der Waals surface area (Å²) in [6, 6.07) is 15.2. The van der Waals surface area contributed by atoms with Gasteiger partial charge in [0.15, 0.2) is 11.6 Å². The van der Waals surface area contributed by atoms with Crippen molar-refractivity contribution in [2.24, 2.45) is 0 Å². The van der Waals surface area contributed by atoms with Crippen molar-refractivity contribution in [2.75, 3.05) is 6.61 Å². The second-order valence-electron chi connectivity index (χ2n) is 6.44. The fourth-order valence-electron chi connectivity index (χ4n) is 2.87. The average molecular weight is 404 g/mol. The topological polar surface area (TPSA) is 18.5 Å². The Balaban J connectivity index is 1.79. The van der Waals surface area contributed by atoms with Crippen LogP contribution in [0.1, 0.15) is 19.8 Å². The van der Waals surface area contributed by atoms with E-state index in [2.05, 4.69) is 11.7 Å². The van der Waals surface area contributed by atoms with Gasteiger partial charge in [-0.25, -0.2) is 8.78 Å². The summed E-state index contributed by atoms with van der Waals surface area (Å²) in [5, 5.41) is 0. The smallest absolute Gasteiger partial charge is 0.387 e. The van der Waals surface area contributed by atoms with E-state index in [9.17, 15) is 17.6 Å². The van der Waals surface area contributed by atoms with Crippen LogP contribution in [-0.2, 0) is 0 Å². The molecule has 0 fully saturated rings. The van der Waals surface area contributed by atoms with Crippen LogP contribution in [0.3, 0.4) is 0 Å². The van der Waals surface area contributed by atoms with E-state index < -0.39 is 24.0 Å². The Morgan fingerprint density at radius 2 is 1.41 bits per heavy atom. The molecule has 6 heteroatoms. The lowest BCUT2D eigenvalue weighted by Gasteiger charge is -2.10. The molecule has 0 N–H and O–H groups in total. The number of benzene rings is 3. The maximum absolute atomic E-state index is 14.7. The lowest BCUT2D eigenvalue weighted by atomic mass is 9.99. The molecular weight excluding hydrogens is 384 g/mol. The monoisotopic (exact) mass is 404 g/mol. The summed E-state index contributed by atoms with van der Waals surface area (Å²) in [7, 11) is 0. The van der Waals surface area contributed by atoms with Crippen molar-refractivity contribution in [3.63, 3.8) is 0 Å². The van der Waals surface area contributed by atoms with Crippen LogP contribution in [0.5, 0.6) is 11.5 Å². The van der Waals surface area contributed by atoms with Crippen LogP contribution >= 0.6 is 0 Å². The summed E-state index contributed by atoms with van der Waals surface area (Å²) in [5.41, 5.74) is 1.86. The van der Waals surface area contributed by atoms with Crippen molar-refractivity contribution in [1.29, 1.82) is 0 Å². The molecule has 0 aliphatic carbocycles. The Bertz CT molecular complexity index is 956. The van der Waals surface area contributed by atoms with Crippen LogP contribution in [0.2, 0.25) is 0 Å². The molecular formula is C23H20F4O2. The number of alkyl halides is 2. The van der Waals surface area contributed by atoms with E-state index in [1.54, 1.807) is 36.4 Å². The van der Waals surface area contributed by atoms with Crippen molar-refractivity contribution >= 4 is 0 Å². The van der Waals surface area contributed by atoms with Gasteiger partial charge in [-0.1, -0.05) is 43.7 Å². The standard InChI is InChI=1S/C23H20F4O2/c1-2-3-12-28-18-8-4-15(5-9-18)19-10-6-16(13-20(19)24)17-7-11-22(21(25)14-17)29-23(26)27/h4-11,13-14,23H,2-3,12H2,1H3. The highest BCUT2D eigenvalue weighted by Gasteiger charge is 2.13. The lowest BCUT2D eigenvalue weighted by Crippen LogP contribution is -2.03. The van der Waals surface area contributed by atoms with Crippen molar-refractivity contribution in [3.05, 3.63) is 72.3 Å². The van der Waals surface area contributed by atoms with E-state index in [1.807, 2.05) is 0 Å². The zero-order valence-corrected chi connectivity index (χ0v) is 15.8. The third-order valence-corrected chi connectivity index (χ3v) is 4.38. The minimum atomic E-state index is -3.12. The fraction of sp³-hybridized carbons (Fsp3) is 0.217. The minimum Gasteiger partial charge on any atom is -0.494 e. The molecule has 3 aromatic rings. The molecule has 0 bridgehead atoms. The van der Waals surface area contributed by atoms with Crippen LogP contribution in [0, 0.1) is 11.6 Å². The first-order valence-corrected chi connectivity index (χ1v) is 9.25. The third-order valence-electron chi connectivity index (χ3n) is 4.38. The highest BCUT2D eigenvalue weighted by molar-refractivity contribution is 5.71. The Morgan fingerprint density at radius 3 is 2.00 bits per heavy atom. The molecule has 3 rings (SSSR count). The SMILES string of the molecule is CCCCOc1ccc(-c2ccc(-c3ccc(OC(F)F)c(F)c3)cc2F)cc1. The molecule has 0 saturated heterocycles. The van der Waals surface area contributed by atoms with Crippen LogP contribution in [0.25, 0.3) is 22.3 Å². The molecule has 152 valence electrons. The zero-order valence-electron chi connectivity index (χ0n) is 15.8. The number of rotatable bonds is 8. The van der Waals surface area contributed by atoms with Gasteiger partial charge in [-0.05, 0) is 53.4 Å². The molecule has 0 aliphatic heterocycles. The van der Waals surface area contributed by atoms with Gasteiger partial charge >= 0.3 is 6.61 Å². The summed E-state index contributed by atoms with van der Waals surface area (Å²) in [6.07, 6.45) is 2.01. The van der Waals surface area contributed by atoms with Gasteiger partial charge in [0.25, 0.3) is 0 Å². The first-order valence-electron chi connectivity index (χ1n) is 9.25. The third kappa shape index (κ3) is 5.28. The van der Waals surface area contributed by atoms with Crippen molar-refractivity contribution in [3.8, 4) is 33.8 Å². The summed E-state index contributed by atoms with van der Waals surface area (Å²) >= 11 is 0. The van der Waals surface area contributed by atoms with E-state index in [4.69, 9.17) is 4.74 Å². The summed E-state index contributed by atoms with van der Waals surface area (Å²) in [6.45, 7) is -0.398. The van der Waals surface area contributed by atoms with Gasteiger partial charge in [0.05, 0.1) is 6.61 Å². The number of ether oxygens (including phenoxy) is 2. The lowest BCUT2D eigenvalue weighted by molar-refractivity contribution is -0.0521. The van der Waals surface area contributed by atoms with Crippen molar-refractivity contribution in [2.45, 2.75) is 26.4 Å². The van der Waals surface area contributed by atoms with Gasteiger partial charge in [0.2, 0.25) is 0 Å². The fourth-order valence-corrected chi connectivity index (χ4v) is 2.87. The van der Waals surface area contributed by atoms with E-state index >= 15 is 0 Å². The Kier molecular flexibility index (Phi) is 6.75. The minimum absolute atomic E-state index is 0.356. The number of unbranched alkanes of at least 4 members (excludes halogenated alkanes) is 1. The Labute approximate surface area is 166 Å². The number of hydrogen-bond donors (Lipinski definition) is 0.